The molecule has 0 aliphatic carbocycles. The lowest BCUT2D eigenvalue weighted by Gasteiger charge is -2.44. The van der Waals surface area contributed by atoms with Crippen LogP contribution in [0.5, 0.6) is 5.75 Å². The third-order valence-corrected chi connectivity index (χ3v) is 23.2. The summed E-state index contributed by atoms with van der Waals surface area (Å²) in [6.07, 6.45) is 5.20. The quantitative estimate of drug-likeness (QED) is 0.0378. The summed E-state index contributed by atoms with van der Waals surface area (Å²) in [5.41, 5.74) is 1.79. The summed E-state index contributed by atoms with van der Waals surface area (Å²) in [6.45, 7) is 20.8. The smallest absolute Gasteiger partial charge is 0.328 e. The van der Waals surface area contributed by atoms with Gasteiger partial charge >= 0.3 is 5.97 Å². The predicted octanol–water partition coefficient (Wildman–Crippen LogP) is 9.59. The van der Waals surface area contributed by atoms with Gasteiger partial charge in [0.1, 0.15) is 11.8 Å². The molecule has 0 N–H and O–H groups in total. The highest BCUT2D eigenvalue weighted by Gasteiger charge is 2.54. The number of carbonyl (C=O) groups excluding carboxylic acids is 2. The molecule has 0 spiro atoms. The van der Waals surface area contributed by atoms with Gasteiger partial charge in [0.05, 0.1) is 26.2 Å². The molecule has 1 heterocycles. The molecule has 1 aliphatic rings. The fourth-order valence-corrected chi connectivity index (χ4v) is 19.3. The van der Waals surface area contributed by atoms with Crippen LogP contribution < -0.4 is 25.5 Å². The van der Waals surface area contributed by atoms with Crippen LogP contribution in [0.4, 0.5) is 0 Å². The molecule has 5 aromatic carbocycles. The van der Waals surface area contributed by atoms with E-state index in [1.807, 2.05) is 55.5 Å². The summed E-state index contributed by atoms with van der Waals surface area (Å²) in [5.74, 6) is -0.796. The van der Waals surface area contributed by atoms with Gasteiger partial charge in [0.25, 0.3) is 16.6 Å². The van der Waals surface area contributed by atoms with Crippen molar-refractivity contribution in [2.45, 2.75) is 90.0 Å². The van der Waals surface area contributed by atoms with Crippen molar-refractivity contribution in [2.24, 2.45) is 11.8 Å². The standard InChI is InChI=1S/C56H69NO6Si2/c1-42(2)50(35-24-38-62-64(55(3,4)5,46-27-15-11-16-28-46)47-29-17-12-18-30-47)51(37-36-43-25-23-26-44(39-43)60-9)53(58)57-41-45(40-52(57)54(59)61-10)63-65(56(6,7)8,48-31-19-13-20-32-48)49-33-21-14-22-34-49/h11-23,25-34,36-37,39,45,50-52H,1,24,35,38,40-41H2,2-10H3/b37-36+/t45-,50-,51+,52+/m1/s1. The second-order valence-electron chi connectivity index (χ2n) is 19.4. The highest BCUT2D eigenvalue weighted by atomic mass is 28.4. The molecule has 342 valence electrons. The maximum Gasteiger partial charge on any atom is 0.328 e. The molecular weight excluding hydrogens is 839 g/mol. The maximum atomic E-state index is 15.5. The van der Waals surface area contributed by atoms with Crippen molar-refractivity contribution < 1.29 is 27.9 Å². The third kappa shape index (κ3) is 10.7. The van der Waals surface area contributed by atoms with E-state index < -0.39 is 40.7 Å². The normalized spacial score (nSPS) is 16.8. The zero-order valence-electron chi connectivity index (χ0n) is 40.0. The summed E-state index contributed by atoms with van der Waals surface area (Å²) in [5, 5.41) is 4.26. The van der Waals surface area contributed by atoms with E-state index in [1.54, 1.807) is 12.0 Å². The van der Waals surface area contributed by atoms with Crippen LogP contribution in [-0.2, 0) is 23.2 Å². The van der Waals surface area contributed by atoms with Crippen molar-refractivity contribution in [1.82, 2.24) is 4.90 Å². The zero-order chi connectivity index (χ0) is 46.8. The van der Waals surface area contributed by atoms with E-state index >= 15 is 4.79 Å². The topological polar surface area (TPSA) is 74.3 Å². The van der Waals surface area contributed by atoms with Gasteiger partial charge < -0.3 is 23.2 Å². The van der Waals surface area contributed by atoms with Crippen LogP contribution in [-0.4, -0.2) is 72.9 Å². The van der Waals surface area contributed by atoms with E-state index in [0.717, 1.165) is 27.3 Å². The molecule has 65 heavy (non-hydrogen) atoms. The van der Waals surface area contributed by atoms with Gasteiger partial charge in [-0.1, -0.05) is 199 Å². The first-order valence-corrected chi connectivity index (χ1v) is 26.8. The van der Waals surface area contributed by atoms with E-state index in [1.165, 1.54) is 17.5 Å². The van der Waals surface area contributed by atoms with Crippen LogP contribution in [0.25, 0.3) is 6.08 Å². The zero-order valence-corrected chi connectivity index (χ0v) is 42.0. The van der Waals surface area contributed by atoms with E-state index in [2.05, 4.69) is 157 Å². The Balaban J connectivity index is 1.36. The number of hydrogen-bond donors (Lipinski definition) is 0. The van der Waals surface area contributed by atoms with Crippen molar-refractivity contribution in [3.05, 3.63) is 169 Å². The Hall–Kier alpha value is -5.33. The minimum atomic E-state index is -3.03. The Morgan fingerprint density at radius 1 is 0.723 bits per heavy atom. The molecular formula is C56H69NO6Si2. The van der Waals surface area contributed by atoms with Crippen LogP contribution in [0.15, 0.2) is 164 Å². The number of rotatable bonds is 18. The molecule has 0 saturated carbocycles. The molecule has 1 fully saturated rings. The molecule has 0 bridgehead atoms. The molecule has 4 atom stereocenters. The monoisotopic (exact) mass is 907 g/mol. The SMILES string of the molecule is C=C(C)[C@@H](CCCO[Si](c1ccccc1)(c1ccccc1)C(C)(C)C)[C@H](/C=C/c1cccc(OC)c1)C(=O)N1C[C@H](O[Si](c2ccccc2)(c2ccccc2)C(C)(C)C)C[C@H]1C(=O)OC. The van der Waals surface area contributed by atoms with E-state index in [4.69, 9.17) is 18.3 Å². The van der Waals surface area contributed by atoms with Gasteiger partial charge in [0.15, 0.2) is 0 Å². The van der Waals surface area contributed by atoms with Gasteiger partial charge in [-0.2, -0.15) is 0 Å². The van der Waals surface area contributed by atoms with Gasteiger partial charge in [-0.05, 0) is 74.2 Å². The molecule has 6 rings (SSSR count). The van der Waals surface area contributed by atoms with E-state index in [9.17, 15) is 4.79 Å². The lowest BCUT2D eigenvalue weighted by atomic mass is 9.82. The maximum absolute atomic E-state index is 15.5. The Morgan fingerprint density at radius 2 is 1.22 bits per heavy atom. The number of benzene rings is 5. The first kappa shape index (κ1) is 49.1. The van der Waals surface area contributed by atoms with Crippen molar-refractivity contribution in [3.63, 3.8) is 0 Å². The predicted molar refractivity (Wildman–Crippen MR) is 271 cm³/mol. The third-order valence-electron chi connectivity index (χ3n) is 13.1. The first-order chi connectivity index (χ1) is 31.1. The van der Waals surface area contributed by atoms with Crippen LogP contribution in [0.3, 0.4) is 0 Å². The molecule has 5 aromatic rings. The number of nitrogens with zero attached hydrogens (tertiary/aromatic N) is 1. The minimum Gasteiger partial charge on any atom is -0.497 e. The molecule has 0 aromatic heterocycles. The second kappa shape index (κ2) is 21.3. The van der Waals surface area contributed by atoms with Crippen LogP contribution >= 0.6 is 0 Å². The molecule has 1 saturated heterocycles. The average Bonchev–Trinajstić information content (AvgIpc) is 3.74. The molecule has 1 amide bonds. The number of methoxy groups -OCH3 is 2. The van der Waals surface area contributed by atoms with Crippen molar-refractivity contribution >= 4 is 55.3 Å². The van der Waals surface area contributed by atoms with Crippen molar-refractivity contribution in [2.75, 3.05) is 27.4 Å². The summed E-state index contributed by atoms with van der Waals surface area (Å²) < 4.78 is 25.9. The summed E-state index contributed by atoms with van der Waals surface area (Å²) >= 11 is 0. The fraction of sp³-hybridized carbons (Fsp3) is 0.357. The summed E-state index contributed by atoms with van der Waals surface area (Å²) in [6, 6.07) is 49.2. The lowest BCUT2D eigenvalue weighted by molar-refractivity contribution is -0.152. The average molecular weight is 908 g/mol. The van der Waals surface area contributed by atoms with Gasteiger partial charge in [0, 0.05) is 19.6 Å². The van der Waals surface area contributed by atoms with Crippen LogP contribution in [0, 0.1) is 11.8 Å². The summed E-state index contributed by atoms with van der Waals surface area (Å²) in [7, 11) is -2.78. The highest BCUT2D eigenvalue weighted by Crippen LogP contribution is 2.41. The van der Waals surface area contributed by atoms with Gasteiger partial charge in [-0.25, -0.2) is 4.79 Å². The van der Waals surface area contributed by atoms with Crippen LogP contribution in [0.1, 0.15) is 73.3 Å². The Labute approximate surface area is 390 Å². The lowest BCUT2D eigenvalue weighted by Crippen LogP contribution is -2.67. The Morgan fingerprint density at radius 3 is 1.66 bits per heavy atom. The summed E-state index contributed by atoms with van der Waals surface area (Å²) in [4.78, 5) is 31.1. The van der Waals surface area contributed by atoms with E-state index in [0.29, 0.717) is 25.9 Å². The number of allylic oxidation sites excluding steroid dienone is 1. The number of likely N-dealkylation sites (tertiary alicyclic amines) is 1. The number of carbonyl (C=O) groups is 2. The van der Waals surface area contributed by atoms with Crippen molar-refractivity contribution in [3.8, 4) is 5.75 Å². The molecule has 0 radical (unpaired) electrons. The number of esters is 1. The molecule has 7 nitrogen and oxygen atoms in total. The first-order valence-electron chi connectivity index (χ1n) is 23.0. The van der Waals surface area contributed by atoms with Gasteiger partial charge in [0.2, 0.25) is 5.91 Å². The largest absolute Gasteiger partial charge is 0.497 e. The molecule has 0 unspecified atom stereocenters. The number of ether oxygens (including phenoxy) is 2. The minimum absolute atomic E-state index is 0.158. The molecule has 9 heteroatoms. The van der Waals surface area contributed by atoms with Crippen molar-refractivity contribution in [1.29, 1.82) is 0 Å². The Kier molecular flexibility index (Phi) is 16.1. The second-order valence-corrected chi connectivity index (χ2v) is 28.0. The Bertz CT molecular complexity index is 2280. The highest BCUT2D eigenvalue weighted by molar-refractivity contribution is 7.00. The van der Waals surface area contributed by atoms with Crippen LogP contribution in [0.2, 0.25) is 10.1 Å². The van der Waals surface area contributed by atoms with Gasteiger partial charge in [-0.15, -0.1) is 0 Å². The van der Waals surface area contributed by atoms with Gasteiger partial charge in [-0.3, -0.25) is 4.79 Å². The number of amides is 1. The fourth-order valence-electron chi connectivity index (χ4n) is 9.99. The molecule has 1 aliphatic heterocycles. The van der Waals surface area contributed by atoms with E-state index in [-0.39, 0.29) is 28.4 Å². The number of hydrogen-bond acceptors (Lipinski definition) is 6.